The van der Waals surface area contributed by atoms with Gasteiger partial charge in [-0.25, -0.2) is 4.39 Å². The van der Waals surface area contributed by atoms with E-state index in [0.29, 0.717) is 0 Å². The molecule has 0 bridgehead atoms. The van der Waals surface area contributed by atoms with E-state index in [0.717, 1.165) is 57.1 Å². The van der Waals surface area contributed by atoms with Gasteiger partial charge in [0.25, 0.3) is 0 Å². The van der Waals surface area contributed by atoms with E-state index in [9.17, 15) is 4.39 Å². The van der Waals surface area contributed by atoms with Gasteiger partial charge in [-0.05, 0) is 48.4 Å². The second-order valence-corrected chi connectivity index (χ2v) is 7.61. The van der Waals surface area contributed by atoms with E-state index in [1.165, 1.54) is 4.88 Å². The third-order valence-electron chi connectivity index (χ3n) is 4.97. The van der Waals surface area contributed by atoms with Crippen LogP contribution >= 0.6 is 35.3 Å². The average molecular weight is 503 g/mol. The fourth-order valence-electron chi connectivity index (χ4n) is 3.37. The summed E-state index contributed by atoms with van der Waals surface area (Å²) in [4.78, 5) is 5.70. The van der Waals surface area contributed by atoms with Crippen molar-refractivity contribution in [2.75, 3.05) is 33.4 Å². The lowest BCUT2D eigenvalue weighted by Crippen LogP contribution is -2.48. The molecule has 1 fully saturated rings. The van der Waals surface area contributed by atoms with Crippen LogP contribution in [0.25, 0.3) is 0 Å². The molecule has 0 amide bonds. The Hall–Kier alpha value is -1.19. The Kier molecular flexibility index (Phi) is 8.98. The van der Waals surface area contributed by atoms with E-state index < -0.39 is 0 Å². The van der Waals surface area contributed by atoms with Crippen LogP contribution in [0.15, 0.2) is 46.8 Å². The zero-order chi connectivity index (χ0) is 18.2. The van der Waals surface area contributed by atoms with Crippen molar-refractivity contribution in [1.29, 1.82) is 0 Å². The molecule has 0 aliphatic carbocycles. The van der Waals surface area contributed by atoms with Crippen molar-refractivity contribution in [1.82, 2.24) is 10.6 Å². The van der Waals surface area contributed by atoms with Crippen LogP contribution in [-0.4, -0.2) is 39.3 Å². The Balaban J connectivity index is 0.00000261. The summed E-state index contributed by atoms with van der Waals surface area (Å²) in [6.45, 7) is 3.04. The number of hydrogen-bond donors (Lipinski definition) is 2. The lowest BCUT2D eigenvalue weighted by molar-refractivity contribution is 0.0513. The van der Waals surface area contributed by atoms with Gasteiger partial charge >= 0.3 is 0 Å². The number of nitrogens with one attached hydrogen (secondary N) is 2. The quantitative estimate of drug-likeness (QED) is 0.357. The highest BCUT2D eigenvalue weighted by Gasteiger charge is 2.34. The Morgan fingerprint density at radius 3 is 2.56 bits per heavy atom. The van der Waals surface area contributed by atoms with E-state index in [1.807, 2.05) is 12.1 Å². The Morgan fingerprint density at radius 2 is 1.93 bits per heavy atom. The van der Waals surface area contributed by atoms with Gasteiger partial charge in [-0.3, -0.25) is 4.99 Å². The van der Waals surface area contributed by atoms with E-state index in [4.69, 9.17) is 4.74 Å². The molecule has 2 aromatic rings. The first-order chi connectivity index (χ1) is 12.7. The minimum atomic E-state index is -0.199. The van der Waals surface area contributed by atoms with Gasteiger partial charge in [-0.2, -0.15) is 0 Å². The number of benzene rings is 1. The van der Waals surface area contributed by atoms with Crippen molar-refractivity contribution in [2.24, 2.45) is 4.99 Å². The highest BCUT2D eigenvalue weighted by molar-refractivity contribution is 14.0. The van der Waals surface area contributed by atoms with Crippen molar-refractivity contribution in [3.63, 3.8) is 0 Å². The lowest BCUT2D eigenvalue weighted by Gasteiger charge is -2.38. The van der Waals surface area contributed by atoms with Crippen LogP contribution in [0, 0.1) is 5.82 Å². The summed E-state index contributed by atoms with van der Waals surface area (Å²) in [5.41, 5.74) is 1.10. The molecule has 2 heterocycles. The molecule has 0 radical (unpaired) electrons. The first kappa shape index (κ1) is 22.1. The summed E-state index contributed by atoms with van der Waals surface area (Å²) >= 11 is 1.77. The van der Waals surface area contributed by atoms with Crippen LogP contribution in [0.1, 0.15) is 23.3 Å². The monoisotopic (exact) mass is 503 g/mol. The standard InChI is InChI=1S/C20H26FN3OS.HI/c1-22-19(23-11-8-18-3-2-14-26-18)24-15-20(9-12-25-13-10-20)16-4-6-17(21)7-5-16;/h2-7,14H,8-13,15H2,1H3,(H2,22,23,24);1H. The van der Waals surface area contributed by atoms with Gasteiger partial charge in [-0.15, -0.1) is 35.3 Å². The first-order valence-electron chi connectivity index (χ1n) is 9.03. The summed E-state index contributed by atoms with van der Waals surface area (Å²) in [7, 11) is 1.79. The van der Waals surface area contributed by atoms with Crippen molar-refractivity contribution in [2.45, 2.75) is 24.7 Å². The second kappa shape index (κ2) is 11.0. The molecule has 2 N–H and O–H groups in total. The van der Waals surface area contributed by atoms with Crippen molar-refractivity contribution in [3.05, 3.63) is 58.0 Å². The first-order valence-corrected chi connectivity index (χ1v) is 9.90. The van der Waals surface area contributed by atoms with Gasteiger partial charge in [0.2, 0.25) is 0 Å². The van der Waals surface area contributed by atoms with Crippen LogP contribution < -0.4 is 10.6 Å². The van der Waals surface area contributed by atoms with E-state index in [1.54, 1.807) is 30.5 Å². The number of nitrogens with zero attached hydrogens (tertiary/aromatic N) is 1. The SMILES string of the molecule is CN=C(NCCc1cccs1)NCC1(c2ccc(F)cc2)CCOCC1.I. The summed E-state index contributed by atoms with van der Waals surface area (Å²) in [5.74, 6) is 0.601. The van der Waals surface area contributed by atoms with Gasteiger partial charge in [0, 0.05) is 43.6 Å². The summed E-state index contributed by atoms with van der Waals surface area (Å²) in [6.07, 6.45) is 2.81. The normalized spacial score (nSPS) is 16.4. The predicted octanol–water partition coefficient (Wildman–Crippen LogP) is 3.96. The third-order valence-corrected chi connectivity index (χ3v) is 5.90. The molecule has 4 nitrogen and oxygen atoms in total. The number of halogens is 2. The van der Waals surface area contributed by atoms with Crippen LogP contribution in [0.2, 0.25) is 0 Å². The molecule has 1 aromatic heterocycles. The zero-order valence-electron chi connectivity index (χ0n) is 15.5. The summed E-state index contributed by atoms with van der Waals surface area (Å²) in [6, 6.07) is 11.1. The van der Waals surface area contributed by atoms with E-state index in [2.05, 4.69) is 33.1 Å². The van der Waals surface area contributed by atoms with Gasteiger partial charge in [0.15, 0.2) is 5.96 Å². The van der Waals surface area contributed by atoms with Crippen LogP contribution in [0.4, 0.5) is 4.39 Å². The van der Waals surface area contributed by atoms with Crippen LogP contribution in [0.3, 0.4) is 0 Å². The van der Waals surface area contributed by atoms with Crippen LogP contribution in [0.5, 0.6) is 0 Å². The van der Waals surface area contributed by atoms with Gasteiger partial charge in [-0.1, -0.05) is 18.2 Å². The highest BCUT2D eigenvalue weighted by atomic mass is 127. The van der Waals surface area contributed by atoms with Crippen LogP contribution in [-0.2, 0) is 16.6 Å². The van der Waals surface area contributed by atoms with E-state index >= 15 is 0 Å². The Bertz CT molecular complexity index is 701. The molecular formula is C20H27FIN3OS. The third kappa shape index (κ3) is 6.15. The van der Waals surface area contributed by atoms with Crippen molar-refractivity contribution >= 4 is 41.3 Å². The zero-order valence-corrected chi connectivity index (χ0v) is 18.7. The minimum absolute atomic E-state index is 0. The van der Waals surface area contributed by atoms with Gasteiger partial charge in [0.05, 0.1) is 0 Å². The maximum atomic E-state index is 13.3. The minimum Gasteiger partial charge on any atom is -0.381 e. The number of ether oxygens (including phenoxy) is 1. The maximum absolute atomic E-state index is 13.3. The molecule has 0 saturated carbocycles. The van der Waals surface area contributed by atoms with Gasteiger partial charge < -0.3 is 15.4 Å². The highest BCUT2D eigenvalue weighted by Crippen LogP contribution is 2.34. The molecule has 7 heteroatoms. The molecule has 1 aliphatic heterocycles. The average Bonchev–Trinajstić information content (AvgIpc) is 3.19. The van der Waals surface area contributed by atoms with Crippen molar-refractivity contribution in [3.8, 4) is 0 Å². The molecule has 1 aliphatic rings. The smallest absolute Gasteiger partial charge is 0.191 e. The van der Waals surface area contributed by atoms with Crippen molar-refractivity contribution < 1.29 is 9.13 Å². The number of aliphatic imine (C=N–C) groups is 1. The number of hydrogen-bond acceptors (Lipinski definition) is 3. The molecule has 3 rings (SSSR count). The van der Waals surface area contributed by atoms with E-state index in [-0.39, 0.29) is 35.2 Å². The number of thiophene rings is 1. The topological polar surface area (TPSA) is 45.7 Å². The summed E-state index contributed by atoms with van der Waals surface area (Å²) < 4.78 is 18.9. The Labute approximate surface area is 181 Å². The fraction of sp³-hybridized carbons (Fsp3) is 0.450. The molecule has 148 valence electrons. The molecule has 27 heavy (non-hydrogen) atoms. The van der Waals surface area contributed by atoms with Gasteiger partial charge in [0.1, 0.15) is 5.82 Å². The molecule has 0 spiro atoms. The molecule has 1 saturated heterocycles. The lowest BCUT2D eigenvalue weighted by atomic mass is 9.74. The molecule has 0 unspecified atom stereocenters. The largest absolute Gasteiger partial charge is 0.381 e. The number of guanidine groups is 1. The number of rotatable bonds is 6. The fourth-order valence-corrected chi connectivity index (χ4v) is 4.07. The molecule has 1 aromatic carbocycles. The predicted molar refractivity (Wildman–Crippen MR) is 121 cm³/mol. The Morgan fingerprint density at radius 1 is 1.19 bits per heavy atom. The molecule has 0 atom stereocenters. The maximum Gasteiger partial charge on any atom is 0.191 e. The second-order valence-electron chi connectivity index (χ2n) is 6.58. The molecular weight excluding hydrogens is 476 g/mol. The summed E-state index contributed by atoms with van der Waals surface area (Å²) in [5, 5.41) is 8.94.